The number of ether oxygens (including phenoxy) is 2. The average molecular weight is 415 g/mol. The number of allylic oxidation sites excluding steroid dienone is 2. The average Bonchev–Trinajstić information content (AvgIpc) is 3.10. The largest absolute Gasteiger partial charge is 0.394 e. The summed E-state index contributed by atoms with van der Waals surface area (Å²) >= 11 is 0. The molecule has 0 saturated carbocycles. The van der Waals surface area contributed by atoms with Crippen LogP contribution in [-0.2, 0) is 9.47 Å². The molecule has 0 aromatic rings. The first-order valence-electron chi connectivity index (χ1n) is 12.0. The second-order valence-electron chi connectivity index (χ2n) is 8.40. The molecular formula is C24H46O5. The molecule has 0 spiro atoms. The number of aliphatic hydroxyl groups is 3. The van der Waals surface area contributed by atoms with Crippen molar-refractivity contribution in [2.24, 2.45) is 0 Å². The summed E-state index contributed by atoms with van der Waals surface area (Å²) in [6.45, 7) is 2.57. The van der Waals surface area contributed by atoms with Gasteiger partial charge in [-0.15, -0.1) is 0 Å². The smallest absolute Gasteiger partial charge is 0.114 e. The number of rotatable bonds is 19. The molecule has 3 N–H and O–H groups in total. The SMILES string of the molecule is C/C=C/CCCCCCCCCCCCCCCO[C@@H]1CO[C@@H]([C@@H](O)CO)[C@H]1O. The molecule has 172 valence electrons. The number of unbranched alkanes of at least 4 members (excludes halogenated alkanes) is 13. The van der Waals surface area contributed by atoms with E-state index >= 15 is 0 Å². The molecule has 1 rings (SSSR count). The Morgan fingerprint density at radius 2 is 1.41 bits per heavy atom. The van der Waals surface area contributed by atoms with E-state index in [1.54, 1.807) is 0 Å². The summed E-state index contributed by atoms with van der Waals surface area (Å²) in [5, 5.41) is 28.6. The van der Waals surface area contributed by atoms with Crippen LogP contribution in [0.3, 0.4) is 0 Å². The summed E-state index contributed by atoms with van der Waals surface area (Å²) in [6, 6.07) is 0. The topological polar surface area (TPSA) is 79.2 Å². The summed E-state index contributed by atoms with van der Waals surface area (Å²) in [4.78, 5) is 0. The molecule has 0 unspecified atom stereocenters. The van der Waals surface area contributed by atoms with Crippen LogP contribution in [0.1, 0.15) is 96.8 Å². The molecule has 0 amide bonds. The van der Waals surface area contributed by atoms with Gasteiger partial charge < -0.3 is 24.8 Å². The fourth-order valence-electron chi connectivity index (χ4n) is 3.91. The van der Waals surface area contributed by atoms with Crippen LogP contribution in [0.25, 0.3) is 0 Å². The maximum Gasteiger partial charge on any atom is 0.114 e. The lowest BCUT2D eigenvalue weighted by Crippen LogP contribution is -2.41. The first-order valence-corrected chi connectivity index (χ1v) is 12.0. The zero-order valence-corrected chi connectivity index (χ0v) is 18.6. The fourth-order valence-corrected chi connectivity index (χ4v) is 3.91. The molecule has 1 fully saturated rings. The maximum absolute atomic E-state index is 10.1. The van der Waals surface area contributed by atoms with E-state index in [-0.39, 0.29) is 6.61 Å². The van der Waals surface area contributed by atoms with Gasteiger partial charge in [-0.2, -0.15) is 0 Å². The van der Waals surface area contributed by atoms with Gasteiger partial charge in [-0.25, -0.2) is 0 Å². The highest BCUT2D eigenvalue weighted by atomic mass is 16.6. The van der Waals surface area contributed by atoms with Crippen molar-refractivity contribution in [1.82, 2.24) is 0 Å². The molecule has 0 aromatic heterocycles. The van der Waals surface area contributed by atoms with Crippen LogP contribution in [0, 0.1) is 0 Å². The highest BCUT2D eigenvalue weighted by molar-refractivity contribution is 4.88. The molecule has 0 aliphatic carbocycles. The highest BCUT2D eigenvalue weighted by Crippen LogP contribution is 2.20. The lowest BCUT2D eigenvalue weighted by atomic mass is 10.0. The van der Waals surface area contributed by atoms with E-state index in [1.807, 2.05) is 0 Å². The van der Waals surface area contributed by atoms with Gasteiger partial charge in [-0.05, 0) is 26.2 Å². The second-order valence-corrected chi connectivity index (χ2v) is 8.40. The quantitative estimate of drug-likeness (QED) is 0.214. The monoisotopic (exact) mass is 414 g/mol. The van der Waals surface area contributed by atoms with Crippen molar-refractivity contribution in [3.05, 3.63) is 12.2 Å². The predicted octanol–water partition coefficient (Wildman–Crippen LogP) is 4.52. The van der Waals surface area contributed by atoms with Gasteiger partial charge in [0.15, 0.2) is 0 Å². The Hall–Kier alpha value is -0.460. The summed E-state index contributed by atoms with van der Waals surface area (Å²) < 4.78 is 11.0. The minimum atomic E-state index is -1.05. The lowest BCUT2D eigenvalue weighted by molar-refractivity contribution is -0.0730. The molecule has 5 heteroatoms. The van der Waals surface area contributed by atoms with E-state index in [1.165, 1.54) is 77.0 Å². The van der Waals surface area contributed by atoms with Crippen molar-refractivity contribution >= 4 is 0 Å². The van der Waals surface area contributed by atoms with Crippen molar-refractivity contribution in [2.75, 3.05) is 19.8 Å². The molecule has 1 aliphatic heterocycles. The predicted molar refractivity (Wildman–Crippen MR) is 118 cm³/mol. The first-order chi connectivity index (χ1) is 14.2. The Morgan fingerprint density at radius 3 is 1.93 bits per heavy atom. The van der Waals surface area contributed by atoms with Gasteiger partial charge in [0, 0.05) is 6.61 Å². The number of hydrogen-bond donors (Lipinski definition) is 3. The van der Waals surface area contributed by atoms with Crippen LogP contribution < -0.4 is 0 Å². The van der Waals surface area contributed by atoms with Gasteiger partial charge in [-0.3, -0.25) is 0 Å². The van der Waals surface area contributed by atoms with E-state index in [4.69, 9.17) is 14.6 Å². The van der Waals surface area contributed by atoms with Gasteiger partial charge in [0.25, 0.3) is 0 Å². The third kappa shape index (κ3) is 12.7. The second kappa shape index (κ2) is 18.3. The summed E-state index contributed by atoms with van der Waals surface area (Å²) in [5.41, 5.74) is 0. The van der Waals surface area contributed by atoms with Crippen molar-refractivity contribution in [2.45, 2.75) is 121 Å². The van der Waals surface area contributed by atoms with E-state index < -0.39 is 31.0 Å². The zero-order valence-electron chi connectivity index (χ0n) is 18.6. The molecule has 0 bridgehead atoms. The Labute approximate surface area is 178 Å². The van der Waals surface area contributed by atoms with E-state index in [9.17, 15) is 10.2 Å². The van der Waals surface area contributed by atoms with Crippen LogP contribution in [-0.4, -0.2) is 59.6 Å². The number of aliphatic hydroxyl groups excluding tert-OH is 3. The van der Waals surface area contributed by atoms with Crippen molar-refractivity contribution in [3.63, 3.8) is 0 Å². The van der Waals surface area contributed by atoms with Crippen LogP contribution in [0.4, 0.5) is 0 Å². The molecular weight excluding hydrogens is 368 g/mol. The van der Waals surface area contributed by atoms with Crippen molar-refractivity contribution < 1.29 is 24.8 Å². The summed E-state index contributed by atoms with van der Waals surface area (Å²) in [7, 11) is 0. The standard InChI is InChI=1S/C24H46O5/c1-2-3-4-5-6-7-8-9-10-11-12-13-14-15-16-17-18-28-22-20-29-24(23(22)27)21(26)19-25/h2-3,21-27H,4-20H2,1H3/b3-2+/t21-,22+,23-,24-/m0/s1. The van der Waals surface area contributed by atoms with E-state index in [0.717, 1.165) is 12.8 Å². The third-order valence-electron chi connectivity index (χ3n) is 5.82. The zero-order chi connectivity index (χ0) is 21.2. The molecule has 1 heterocycles. The molecule has 29 heavy (non-hydrogen) atoms. The van der Waals surface area contributed by atoms with Gasteiger partial charge in [0.1, 0.15) is 24.4 Å². The van der Waals surface area contributed by atoms with Gasteiger partial charge >= 0.3 is 0 Å². The Morgan fingerprint density at radius 1 is 0.897 bits per heavy atom. The van der Waals surface area contributed by atoms with Gasteiger partial charge in [0.2, 0.25) is 0 Å². The van der Waals surface area contributed by atoms with Gasteiger partial charge in [-0.1, -0.05) is 82.8 Å². The van der Waals surface area contributed by atoms with Crippen molar-refractivity contribution in [1.29, 1.82) is 0 Å². The first kappa shape index (κ1) is 26.6. The molecule has 5 nitrogen and oxygen atoms in total. The summed E-state index contributed by atoms with van der Waals surface area (Å²) in [5.74, 6) is 0. The minimum Gasteiger partial charge on any atom is -0.394 e. The van der Waals surface area contributed by atoms with Crippen LogP contribution in [0.15, 0.2) is 12.2 Å². The van der Waals surface area contributed by atoms with E-state index in [0.29, 0.717) is 6.61 Å². The van der Waals surface area contributed by atoms with Gasteiger partial charge in [0.05, 0.1) is 13.2 Å². The molecule has 0 aromatic carbocycles. The van der Waals surface area contributed by atoms with E-state index in [2.05, 4.69) is 19.1 Å². The highest BCUT2D eigenvalue weighted by Gasteiger charge is 2.40. The molecule has 1 aliphatic rings. The van der Waals surface area contributed by atoms with Crippen LogP contribution in [0.2, 0.25) is 0 Å². The Bertz CT molecular complexity index is 387. The molecule has 1 saturated heterocycles. The van der Waals surface area contributed by atoms with Crippen LogP contribution >= 0.6 is 0 Å². The summed E-state index contributed by atoms with van der Waals surface area (Å²) in [6.07, 6.45) is 19.7. The fraction of sp³-hybridized carbons (Fsp3) is 0.917. The molecule has 4 atom stereocenters. The Kier molecular flexibility index (Phi) is 16.8. The van der Waals surface area contributed by atoms with Crippen LogP contribution in [0.5, 0.6) is 0 Å². The Balaban J connectivity index is 1.80. The lowest BCUT2D eigenvalue weighted by Gasteiger charge is -2.20. The minimum absolute atomic E-state index is 0.277. The van der Waals surface area contributed by atoms with Crippen molar-refractivity contribution in [3.8, 4) is 0 Å². The number of hydrogen-bond acceptors (Lipinski definition) is 5. The maximum atomic E-state index is 10.1. The molecule has 0 radical (unpaired) electrons. The third-order valence-corrected chi connectivity index (χ3v) is 5.82. The normalized spacial score (nSPS) is 23.2.